The zero-order valence-electron chi connectivity index (χ0n) is 15.3. The third-order valence-corrected chi connectivity index (χ3v) is 4.99. The molecule has 3 aromatic rings. The first-order valence-electron chi connectivity index (χ1n) is 9.56. The maximum Gasteiger partial charge on any atom is 0.204 e. The van der Waals surface area contributed by atoms with Crippen LogP contribution in [0.2, 0.25) is 0 Å². The van der Waals surface area contributed by atoms with Crippen LogP contribution in [0.15, 0.2) is 59.0 Å². The number of nitriles is 1. The highest BCUT2D eigenvalue weighted by atomic mass is 16.7. The second-order valence-electron chi connectivity index (χ2n) is 6.86. The van der Waals surface area contributed by atoms with Gasteiger partial charge >= 0.3 is 0 Å². The number of aryl methyl sites for hydroxylation is 2. The van der Waals surface area contributed by atoms with Gasteiger partial charge < -0.3 is 13.9 Å². The van der Waals surface area contributed by atoms with Gasteiger partial charge in [-0.1, -0.05) is 54.6 Å². The molecule has 0 spiro atoms. The minimum Gasteiger partial charge on any atom is -0.461 e. The highest BCUT2D eigenvalue weighted by Gasteiger charge is 2.26. The van der Waals surface area contributed by atoms with E-state index >= 15 is 0 Å². The summed E-state index contributed by atoms with van der Waals surface area (Å²) in [4.78, 5) is 0. The molecule has 2 atom stereocenters. The summed E-state index contributed by atoms with van der Waals surface area (Å²) in [5.41, 5.74) is 1.27. The third kappa shape index (κ3) is 4.05. The van der Waals surface area contributed by atoms with Gasteiger partial charge in [-0.25, -0.2) is 0 Å². The molecule has 0 saturated carbocycles. The van der Waals surface area contributed by atoms with Gasteiger partial charge in [0.1, 0.15) is 11.8 Å². The summed E-state index contributed by atoms with van der Waals surface area (Å²) in [7, 11) is 0. The van der Waals surface area contributed by atoms with E-state index in [0.29, 0.717) is 12.4 Å². The van der Waals surface area contributed by atoms with Crippen molar-refractivity contribution in [2.75, 3.05) is 6.61 Å². The van der Waals surface area contributed by atoms with Crippen LogP contribution in [0.25, 0.3) is 10.8 Å². The number of fused-ring (bicyclic) bond motifs is 1. The van der Waals surface area contributed by atoms with Gasteiger partial charge in [0.05, 0.1) is 0 Å². The van der Waals surface area contributed by atoms with Gasteiger partial charge in [0.25, 0.3) is 0 Å². The first kappa shape index (κ1) is 17.8. The number of rotatable bonds is 6. The van der Waals surface area contributed by atoms with Crippen LogP contribution in [0.3, 0.4) is 0 Å². The molecule has 1 aliphatic rings. The molecule has 138 valence electrons. The lowest BCUT2D eigenvalue weighted by Crippen LogP contribution is -2.24. The highest BCUT2D eigenvalue weighted by molar-refractivity contribution is 5.87. The van der Waals surface area contributed by atoms with E-state index in [1.807, 2.05) is 42.5 Å². The molecule has 2 unspecified atom stereocenters. The maximum atomic E-state index is 9.70. The summed E-state index contributed by atoms with van der Waals surface area (Å²) in [5, 5.41) is 11.7. The van der Waals surface area contributed by atoms with Crippen molar-refractivity contribution in [3.63, 3.8) is 0 Å². The summed E-state index contributed by atoms with van der Waals surface area (Å²) >= 11 is 0. The number of furan rings is 1. The first-order valence-corrected chi connectivity index (χ1v) is 9.56. The molecule has 0 N–H and O–H groups in total. The molecule has 4 heteroatoms. The molecular weight excluding hydrogens is 338 g/mol. The Hall–Kier alpha value is -2.61. The van der Waals surface area contributed by atoms with Gasteiger partial charge in [-0.15, -0.1) is 0 Å². The molecule has 4 rings (SSSR count). The van der Waals surface area contributed by atoms with Crippen LogP contribution in [0.5, 0.6) is 0 Å². The van der Waals surface area contributed by atoms with E-state index in [2.05, 4.69) is 18.2 Å². The molecular formula is C23H23NO3. The largest absolute Gasteiger partial charge is 0.461 e. The molecule has 2 aromatic carbocycles. The Morgan fingerprint density at radius 3 is 2.52 bits per heavy atom. The molecule has 0 aliphatic carbocycles. The van der Waals surface area contributed by atoms with Crippen LogP contribution in [0, 0.1) is 11.3 Å². The van der Waals surface area contributed by atoms with Crippen molar-refractivity contribution in [1.29, 1.82) is 5.26 Å². The van der Waals surface area contributed by atoms with Gasteiger partial charge in [-0.2, -0.15) is 5.26 Å². The molecule has 27 heavy (non-hydrogen) atoms. The van der Waals surface area contributed by atoms with Gasteiger partial charge in [0.2, 0.25) is 6.10 Å². The fourth-order valence-corrected chi connectivity index (χ4v) is 3.59. The molecule has 1 aromatic heterocycles. The number of hydrogen-bond donors (Lipinski definition) is 0. The second-order valence-corrected chi connectivity index (χ2v) is 6.86. The quantitative estimate of drug-likeness (QED) is 0.596. The topological polar surface area (TPSA) is 55.4 Å². The Kier molecular flexibility index (Phi) is 5.53. The number of benzene rings is 2. The average Bonchev–Trinajstić information content (AvgIpc) is 3.11. The molecule has 1 fully saturated rings. The molecule has 1 aliphatic heterocycles. The molecule has 4 nitrogen and oxygen atoms in total. The maximum absolute atomic E-state index is 9.70. The van der Waals surface area contributed by atoms with Crippen molar-refractivity contribution in [3.05, 3.63) is 71.7 Å². The Balaban J connectivity index is 1.59. The monoisotopic (exact) mass is 361 g/mol. The summed E-state index contributed by atoms with van der Waals surface area (Å²) in [6.07, 6.45) is 3.50. The number of nitrogens with zero attached hydrogens (tertiary/aromatic N) is 1. The van der Waals surface area contributed by atoms with Crippen LogP contribution in [0.1, 0.15) is 42.5 Å². The predicted molar refractivity (Wildman–Crippen MR) is 103 cm³/mol. The number of ether oxygens (including phenoxy) is 2. The zero-order valence-corrected chi connectivity index (χ0v) is 15.3. The minimum atomic E-state index is -0.761. The molecule has 2 heterocycles. The van der Waals surface area contributed by atoms with Crippen LogP contribution in [0.4, 0.5) is 0 Å². The van der Waals surface area contributed by atoms with Crippen molar-refractivity contribution >= 4 is 10.8 Å². The standard InChI is InChI=1S/C23H23NO3/c24-16-21(26-22-12-6-7-15-25-22)23-19-11-5-4-10-18(19)20(27-23)14-13-17-8-2-1-3-9-17/h1-5,8-11,21-22H,6-7,12-15H2. The van der Waals surface area contributed by atoms with Crippen LogP contribution < -0.4 is 0 Å². The van der Waals surface area contributed by atoms with E-state index in [0.717, 1.165) is 48.6 Å². The van der Waals surface area contributed by atoms with E-state index in [4.69, 9.17) is 13.9 Å². The summed E-state index contributed by atoms with van der Waals surface area (Å²) < 4.78 is 17.8. The van der Waals surface area contributed by atoms with Crippen molar-refractivity contribution in [2.24, 2.45) is 0 Å². The SMILES string of the molecule is N#CC(OC1CCCCO1)c1oc(CCc2ccccc2)c2ccccc12. The van der Waals surface area contributed by atoms with E-state index in [9.17, 15) is 5.26 Å². The summed E-state index contributed by atoms with van der Waals surface area (Å²) in [5.74, 6) is 1.49. The van der Waals surface area contributed by atoms with Gasteiger partial charge in [0.15, 0.2) is 12.1 Å². The van der Waals surface area contributed by atoms with Gasteiger partial charge in [0, 0.05) is 23.8 Å². The average molecular weight is 361 g/mol. The van der Waals surface area contributed by atoms with Crippen molar-refractivity contribution in [2.45, 2.75) is 44.5 Å². The molecule has 0 radical (unpaired) electrons. The highest BCUT2D eigenvalue weighted by Crippen LogP contribution is 2.34. The third-order valence-electron chi connectivity index (χ3n) is 4.99. The minimum absolute atomic E-state index is 0.333. The first-order chi connectivity index (χ1) is 13.3. The van der Waals surface area contributed by atoms with Crippen LogP contribution >= 0.6 is 0 Å². The Morgan fingerprint density at radius 1 is 1.00 bits per heavy atom. The van der Waals surface area contributed by atoms with Crippen molar-refractivity contribution < 1.29 is 13.9 Å². The summed E-state index contributed by atoms with van der Waals surface area (Å²) in [6, 6.07) is 20.6. The second kappa shape index (κ2) is 8.39. The predicted octanol–water partition coefficient (Wildman–Crippen LogP) is 5.33. The van der Waals surface area contributed by atoms with Crippen molar-refractivity contribution in [1.82, 2.24) is 0 Å². The van der Waals surface area contributed by atoms with E-state index in [1.54, 1.807) is 0 Å². The smallest absolute Gasteiger partial charge is 0.204 e. The van der Waals surface area contributed by atoms with E-state index < -0.39 is 6.10 Å². The molecule has 1 saturated heterocycles. The Morgan fingerprint density at radius 2 is 1.78 bits per heavy atom. The van der Waals surface area contributed by atoms with Gasteiger partial charge in [-0.05, 0) is 31.2 Å². The summed E-state index contributed by atoms with van der Waals surface area (Å²) in [6.45, 7) is 0.685. The van der Waals surface area contributed by atoms with Crippen molar-refractivity contribution in [3.8, 4) is 6.07 Å². The van der Waals surface area contributed by atoms with Crippen LogP contribution in [-0.4, -0.2) is 12.9 Å². The zero-order chi connectivity index (χ0) is 18.5. The Bertz CT molecular complexity index is 920. The lowest BCUT2D eigenvalue weighted by Gasteiger charge is -2.24. The lowest BCUT2D eigenvalue weighted by atomic mass is 10.1. The molecule has 0 amide bonds. The van der Waals surface area contributed by atoms with Gasteiger partial charge in [-0.3, -0.25) is 0 Å². The lowest BCUT2D eigenvalue weighted by molar-refractivity contribution is -0.181. The number of hydrogen-bond acceptors (Lipinski definition) is 4. The normalized spacial score (nSPS) is 18.3. The fraction of sp³-hybridized carbons (Fsp3) is 0.348. The molecule has 0 bridgehead atoms. The van der Waals surface area contributed by atoms with E-state index in [-0.39, 0.29) is 6.29 Å². The fourth-order valence-electron chi connectivity index (χ4n) is 3.59. The van der Waals surface area contributed by atoms with E-state index in [1.165, 1.54) is 5.56 Å². The Labute approximate surface area is 159 Å². The van der Waals surface area contributed by atoms with Crippen LogP contribution in [-0.2, 0) is 22.3 Å².